The lowest BCUT2D eigenvalue weighted by Crippen LogP contribution is -2.33. The third-order valence-electron chi connectivity index (χ3n) is 4.41. The molecule has 2 rings (SSSR count). The van der Waals surface area contributed by atoms with Crippen LogP contribution in [0.15, 0.2) is 66.7 Å². The largest absolute Gasteiger partial charge is 0.314 e. The van der Waals surface area contributed by atoms with Crippen LogP contribution in [0.2, 0.25) is 0 Å². The molecule has 0 saturated carbocycles. The van der Waals surface area contributed by atoms with Crippen LogP contribution in [0.5, 0.6) is 0 Å². The van der Waals surface area contributed by atoms with Crippen molar-refractivity contribution in [2.45, 2.75) is 32.6 Å². The molecule has 1 atom stereocenters. The quantitative estimate of drug-likeness (QED) is 0.208. The number of anilines is 1. The van der Waals surface area contributed by atoms with Gasteiger partial charge in [0.05, 0.1) is 5.69 Å². The van der Waals surface area contributed by atoms with Gasteiger partial charge in [-0.3, -0.25) is 4.79 Å². The second-order valence-electron chi connectivity index (χ2n) is 6.41. The summed E-state index contributed by atoms with van der Waals surface area (Å²) in [5.74, 6) is 6.58. The van der Waals surface area contributed by atoms with Gasteiger partial charge >= 0.3 is 0 Å². The number of carbonyl (C=O) groups is 1. The number of nitrogens with zero attached hydrogens (tertiary/aromatic N) is 1. The summed E-state index contributed by atoms with van der Waals surface area (Å²) in [4.78, 5) is 14.8. The van der Waals surface area contributed by atoms with Crippen LogP contribution < -0.4 is 4.90 Å². The zero-order valence-electron chi connectivity index (χ0n) is 16.0. The number of allylic oxidation sites excluding steroid dienone is 2. The van der Waals surface area contributed by atoms with Gasteiger partial charge in [0.1, 0.15) is 0 Å². The highest BCUT2D eigenvalue weighted by Crippen LogP contribution is 2.25. The average molecular weight is 471 g/mol. The van der Waals surface area contributed by atoms with E-state index in [1.165, 1.54) is 0 Å². The molecular weight excluding hydrogens is 445 g/mol. The van der Waals surface area contributed by atoms with Gasteiger partial charge in [-0.1, -0.05) is 54.3 Å². The topological polar surface area (TPSA) is 20.3 Å². The SMILES string of the molecule is C/C=C/CC(CCCC#Cc1ccccc1)C(=O)N(C)c1ccccc1I. The average Bonchev–Trinajstić information content (AvgIpc) is 2.70. The van der Waals surface area contributed by atoms with Crippen molar-refractivity contribution >= 4 is 34.2 Å². The van der Waals surface area contributed by atoms with Crippen molar-refractivity contribution in [3.8, 4) is 11.8 Å². The van der Waals surface area contributed by atoms with Crippen LogP contribution >= 0.6 is 22.6 Å². The smallest absolute Gasteiger partial charge is 0.230 e. The molecule has 2 aromatic carbocycles. The standard InChI is InChI=1S/C24H26INO/c1-3-4-16-21(17-10-6-9-15-20-13-7-5-8-14-20)24(27)26(2)23-19-12-11-18-22(23)25/h3-5,7-8,11-14,18-19,21H,6,10,16-17H2,1-2H3/b4-3+. The minimum absolute atomic E-state index is 0.0132. The second-order valence-corrected chi connectivity index (χ2v) is 7.57. The Morgan fingerprint density at radius 3 is 2.56 bits per heavy atom. The molecule has 27 heavy (non-hydrogen) atoms. The molecule has 0 aliphatic heterocycles. The van der Waals surface area contributed by atoms with E-state index in [1.54, 1.807) is 4.90 Å². The molecule has 0 aliphatic rings. The summed E-state index contributed by atoms with van der Waals surface area (Å²) in [6.07, 6.45) is 7.45. The van der Waals surface area contributed by atoms with Crippen LogP contribution in [0, 0.1) is 21.3 Å². The molecule has 1 unspecified atom stereocenters. The van der Waals surface area contributed by atoms with Gasteiger partial charge in [-0.2, -0.15) is 0 Å². The Hall–Kier alpha value is -2.06. The van der Waals surface area contributed by atoms with Gasteiger partial charge in [-0.05, 0) is 73.0 Å². The number of unbranched alkanes of at least 4 members (excludes halogenated alkanes) is 1. The molecule has 0 heterocycles. The monoisotopic (exact) mass is 471 g/mol. The van der Waals surface area contributed by atoms with Crippen molar-refractivity contribution in [1.82, 2.24) is 0 Å². The molecule has 140 valence electrons. The molecule has 2 nitrogen and oxygen atoms in total. The molecule has 0 N–H and O–H groups in total. The van der Waals surface area contributed by atoms with Gasteiger partial charge in [0, 0.05) is 28.5 Å². The lowest BCUT2D eigenvalue weighted by molar-refractivity contribution is -0.122. The fourth-order valence-corrected chi connectivity index (χ4v) is 3.63. The molecular formula is C24H26INO. The number of para-hydroxylation sites is 1. The Morgan fingerprint density at radius 1 is 1.15 bits per heavy atom. The number of carbonyl (C=O) groups excluding carboxylic acids is 1. The maximum absolute atomic E-state index is 13.0. The predicted octanol–water partition coefficient (Wildman–Crippen LogP) is 6.06. The molecule has 0 bridgehead atoms. The summed E-state index contributed by atoms with van der Waals surface area (Å²) < 4.78 is 1.09. The van der Waals surface area contributed by atoms with Crippen LogP contribution in [-0.4, -0.2) is 13.0 Å². The molecule has 1 amide bonds. The van der Waals surface area contributed by atoms with Crippen LogP contribution in [0.1, 0.15) is 38.2 Å². The number of hydrogen-bond acceptors (Lipinski definition) is 1. The predicted molar refractivity (Wildman–Crippen MR) is 123 cm³/mol. The van der Waals surface area contributed by atoms with Crippen LogP contribution in [-0.2, 0) is 4.79 Å². The van der Waals surface area contributed by atoms with E-state index in [0.717, 1.165) is 40.5 Å². The van der Waals surface area contributed by atoms with E-state index >= 15 is 0 Å². The Labute approximate surface area is 176 Å². The molecule has 3 heteroatoms. The van der Waals surface area contributed by atoms with Gasteiger partial charge in [-0.15, -0.1) is 0 Å². The van der Waals surface area contributed by atoms with Crippen molar-refractivity contribution in [2.24, 2.45) is 5.92 Å². The first kappa shape index (κ1) is 21.2. The molecule has 0 radical (unpaired) electrons. The van der Waals surface area contributed by atoms with Crippen LogP contribution in [0.3, 0.4) is 0 Å². The molecule has 2 aromatic rings. The number of hydrogen-bond donors (Lipinski definition) is 0. The van der Waals surface area contributed by atoms with E-state index in [4.69, 9.17) is 0 Å². The van der Waals surface area contributed by atoms with E-state index in [2.05, 4.69) is 40.5 Å². The first-order valence-corrected chi connectivity index (χ1v) is 10.4. The first-order chi connectivity index (χ1) is 13.1. The summed E-state index contributed by atoms with van der Waals surface area (Å²) in [5.41, 5.74) is 2.01. The number of rotatable bonds is 7. The molecule has 0 aliphatic carbocycles. The summed E-state index contributed by atoms with van der Waals surface area (Å²) in [6.45, 7) is 2.00. The Bertz CT molecular complexity index is 817. The maximum atomic E-state index is 13.0. The summed E-state index contributed by atoms with van der Waals surface area (Å²) in [6, 6.07) is 18.0. The van der Waals surface area contributed by atoms with Gasteiger partial charge < -0.3 is 4.90 Å². The lowest BCUT2D eigenvalue weighted by Gasteiger charge is -2.24. The minimum atomic E-state index is -0.0132. The number of amides is 1. The first-order valence-electron chi connectivity index (χ1n) is 9.30. The molecule has 0 saturated heterocycles. The molecule has 0 spiro atoms. The van der Waals surface area contributed by atoms with Crippen molar-refractivity contribution in [3.05, 3.63) is 75.9 Å². The minimum Gasteiger partial charge on any atom is -0.314 e. The third-order valence-corrected chi connectivity index (χ3v) is 5.32. The van der Waals surface area contributed by atoms with Crippen LogP contribution in [0.4, 0.5) is 5.69 Å². The Balaban J connectivity index is 1.97. The third kappa shape index (κ3) is 6.88. The Kier molecular flexibility index (Phi) is 9.13. The van der Waals surface area contributed by atoms with Crippen molar-refractivity contribution < 1.29 is 4.79 Å². The van der Waals surface area contributed by atoms with Crippen molar-refractivity contribution in [1.29, 1.82) is 0 Å². The van der Waals surface area contributed by atoms with E-state index in [1.807, 2.05) is 74.6 Å². The summed E-state index contributed by atoms with van der Waals surface area (Å²) in [7, 11) is 1.87. The molecule has 0 aromatic heterocycles. The zero-order chi connectivity index (χ0) is 19.5. The van der Waals surface area contributed by atoms with Gasteiger partial charge in [0.2, 0.25) is 5.91 Å². The highest BCUT2D eigenvalue weighted by molar-refractivity contribution is 14.1. The maximum Gasteiger partial charge on any atom is 0.230 e. The fourth-order valence-electron chi connectivity index (χ4n) is 2.88. The Morgan fingerprint density at radius 2 is 1.85 bits per heavy atom. The van der Waals surface area contributed by atoms with Crippen LogP contribution in [0.25, 0.3) is 0 Å². The van der Waals surface area contributed by atoms with E-state index in [-0.39, 0.29) is 11.8 Å². The van der Waals surface area contributed by atoms with Gasteiger partial charge in [0.25, 0.3) is 0 Å². The lowest BCUT2D eigenvalue weighted by atomic mass is 9.96. The summed E-state index contributed by atoms with van der Waals surface area (Å²) in [5, 5.41) is 0. The van der Waals surface area contributed by atoms with Crippen molar-refractivity contribution in [3.63, 3.8) is 0 Å². The highest BCUT2D eigenvalue weighted by Gasteiger charge is 2.22. The van der Waals surface area contributed by atoms with Gasteiger partial charge in [-0.25, -0.2) is 0 Å². The number of halogens is 1. The van der Waals surface area contributed by atoms with E-state index in [9.17, 15) is 4.79 Å². The molecule has 0 fully saturated rings. The van der Waals surface area contributed by atoms with E-state index < -0.39 is 0 Å². The fraction of sp³-hybridized carbons (Fsp3) is 0.292. The summed E-state index contributed by atoms with van der Waals surface area (Å²) >= 11 is 2.28. The van der Waals surface area contributed by atoms with Crippen molar-refractivity contribution in [2.75, 3.05) is 11.9 Å². The second kappa shape index (κ2) is 11.6. The normalized spacial score (nSPS) is 11.7. The zero-order valence-corrected chi connectivity index (χ0v) is 18.1. The highest BCUT2D eigenvalue weighted by atomic mass is 127. The van der Waals surface area contributed by atoms with Gasteiger partial charge in [0.15, 0.2) is 0 Å². The van der Waals surface area contributed by atoms with E-state index in [0.29, 0.717) is 0 Å². The number of benzene rings is 2.